The monoisotopic (exact) mass is 393 g/mol. The number of carbonyl (C=O) groups is 1. The average Bonchev–Trinajstić information content (AvgIpc) is 3.25. The van der Waals surface area contributed by atoms with E-state index in [4.69, 9.17) is 11.5 Å². The quantitative estimate of drug-likeness (QED) is 0.493. The van der Waals surface area contributed by atoms with Gasteiger partial charge in [0.05, 0.1) is 23.6 Å². The van der Waals surface area contributed by atoms with E-state index in [1.54, 1.807) is 30.6 Å². The summed E-state index contributed by atoms with van der Waals surface area (Å²) in [6.45, 7) is 0. The van der Waals surface area contributed by atoms with E-state index in [9.17, 15) is 4.79 Å². The molecule has 10 heteroatoms. The standard InChI is InChI=1S/C19H23N9O/c20-13-4-1-2-5-14(13)25-17-10-15(12(11-22-17)19(21)29)26-16-6-3-7-18(27-16)28-23-8-9-24-28/h3,6-11,13-14H,1-2,4-5,20H2,(H2,21,29)(H2,22,25,26,27)/t13-,14+/m0/s1. The van der Waals surface area contributed by atoms with Gasteiger partial charge in [0.25, 0.3) is 5.91 Å². The van der Waals surface area contributed by atoms with Crippen LogP contribution in [0.1, 0.15) is 36.0 Å². The molecule has 3 aromatic heterocycles. The first-order valence-corrected chi connectivity index (χ1v) is 9.53. The summed E-state index contributed by atoms with van der Waals surface area (Å²) in [6.07, 6.45) is 8.86. The summed E-state index contributed by atoms with van der Waals surface area (Å²) in [5.74, 6) is 1.12. The molecule has 1 aliphatic rings. The van der Waals surface area contributed by atoms with Gasteiger partial charge in [0.15, 0.2) is 5.82 Å². The van der Waals surface area contributed by atoms with Gasteiger partial charge in [-0.1, -0.05) is 18.9 Å². The lowest BCUT2D eigenvalue weighted by molar-refractivity contribution is 0.100. The SMILES string of the molecule is NC(=O)c1cnc(N[C@@H]2CCCC[C@@H]2N)cc1Nc1cccc(-n2nccn2)n1. The van der Waals surface area contributed by atoms with Crippen molar-refractivity contribution >= 4 is 23.2 Å². The summed E-state index contributed by atoms with van der Waals surface area (Å²) in [7, 11) is 0. The Balaban J connectivity index is 1.60. The Hall–Kier alpha value is -3.53. The Morgan fingerprint density at radius 1 is 1.14 bits per heavy atom. The summed E-state index contributed by atoms with van der Waals surface area (Å²) in [5.41, 5.74) is 12.5. The normalized spacial score (nSPS) is 18.9. The molecule has 0 saturated heterocycles. The molecule has 1 fully saturated rings. The predicted molar refractivity (Wildman–Crippen MR) is 109 cm³/mol. The van der Waals surface area contributed by atoms with Crippen LogP contribution < -0.4 is 22.1 Å². The number of primary amides is 1. The van der Waals surface area contributed by atoms with Crippen LogP contribution in [0.4, 0.5) is 17.3 Å². The van der Waals surface area contributed by atoms with Crippen LogP contribution in [0.3, 0.4) is 0 Å². The van der Waals surface area contributed by atoms with Crippen molar-refractivity contribution in [1.29, 1.82) is 0 Å². The summed E-state index contributed by atoms with van der Waals surface area (Å²) >= 11 is 0. The number of anilines is 3. The Bertz CT molecular complexity index is 989. The fraction of sp³-hybridized carbons (Fsp3) is 0.316. The summed E-state index contributed by atoms with van der Waals surface area (Å²) in [4.78, 5) is 22.1. The van der Waals surface area contributed by atoms with Gasteiger partial charge in [0.1, 0.15) is 11.6 Å². The Morgan fingerprint density at radius 3 is 2.69 bits per heavy atom. The average molecular weight is 393 g/mol. The molecule has 1 saturated carbocycles. The zero-order valence-corrected chi connectivity index (χ0v) is 15.8. The zero-order valence-electron chi connectivity index (χ0n) is 15.8. The number of amides is 1. The smallest absolute Gasteiger partial charge is 0.252 e. The van der Waals surface area contributed by atoms with E-state index in [1.165, 1.54) is 11.0 Å². The maximum absolute atomic E-state index is 11.9. The summed E-state index contributed by atoms with van der Waals surface area (Å²) < 4.78 is 0. The highest BCUT2D eigenvalue weighted by molar-refractivity contribution is 5.99. The van der Waals surface area contributed by atoms with E-state index in [0.29, 0.717) is 23.1 Å². The van der Waals surface area contributed by atoms with E-state index in [2.05, 4.69) is 30.8 Å². The molecule has 10 nitrogen and oxygen atoms in total. The summed E-state index contributed by atoms with van der Waals surface area (Å²) in [6, 6.07) is 7.36. The molecule has 0 aliphatic heterocycles. The molecule has 3 aromatic rings. The van der Waals surface area contributed by atoms with Crippen LogP contribution in [-0.2, 0) is 0 Å². The third kappa shape index (κ3) is 4.32. The van der Waals surface area contributed by atoms with Crippen LogP contribution in [0, 0.1) is 0 Å². The molecule has 150 valence electrons. The van der Waals surface area contributed by atoms with Crippen molar-refractivity contribution < 1.29 is 4.79 Å². The Kier molecular flexibility index (Phi) is 5.34. The Labute approximate surface area is 167 Å². The third-order valence-corrected chi connectivity index (χ3v) is 4.94. The number of aromatic nitrogens is 5. The first-order valence-electron chi connectivity index (χ1n) is 9.53. The maximum atomic E-state index is 11.9. The van der Waals surface area contributed by atoms with Crippen molar-refractivity contribution in [3.8, 4) is 5.82 Å². The topological polar surface area (TPSA) is 150 Å². The zero-order chi connectivity index (χ0) is 20.2. The largest absolute Gasteiger partial charge is 0.366 e. The number of nitrogens with zero attached hydrogens (tertiary/aromatic N) is 5. The summed E-state index contributed by atoms with van der Waals surface area (Å²) in [5, 5.41) is 14.7. The number of nitrogens with one attached hydrogen (secondary N) is 2. The lowest BCUT2D eigenvalue weighted by Crippen LogP contribution is -2.42. The van der Waals surface area contributed by atoms with E-state index in [-0.39, 0.29) is 17.6 Å². The highest BCUT2D eigenvalue weighted by Gasteiger charge is 2.22. The molecule has 0 aromatic carbocycles. The van der Waals surface area contributed by atoms with Crippen molar-refractivity contribution in [2.75, 3.05) is 10.6 Å². The number of rotatable bonds is 6. The van der Waals surface area contributed by atoms with Crippen LogP contribution in [0.15, 0.2) is 42.9 Å². The minimum absolute atomic E-state index is 0.0812. The van der Waals surface area contributed by atoms with Crippen LogP contribution in [0.2, 0.25) is 0 Å². The molecule has 6 N–H and O–H groups in total. The van der Waals surface area contributed by atoms with Crippen molar-refractivity contribution in [1.82, 2.24) is 25.0 Å². The minimum Gasteiger partial charge on any atom is -0.366 e. The molecule has 0 bridgehead atoms. The molecular formula is C19H23N9O. The highest BCUT2D eigenvalue weighted by Crippen LogP contribution is 2.25. The van der Waals surface area contributed by atoms with Crippen LogP contribution in [-0.4, -0.2) is 43.0 Å². The van der Waals surface area contributed by atoms with Crippen molar-refractivity contribution in [2.45, 2.75) is 37.8 Å². The van der Waals surface area contributed by atoms with Gasteiger partial charge < -0.3 is 22.1 Å². The van der Waals surface area contributed by atoms with Gasteiger partial charge in [-0.2, -0.15) is 10.2 Å². The lowest BCUT2D eigenvalue weighted by atomic mass is 9.91. The Morgan fingerprint density at radius 2 is 1.93 bits per heavy atom. The molecule has 0 spiro atoms. The molecule has 0 unspecified atom stereocenters. The first kappa shape index (κ1) is 18.8. The molecule has 3 heterocycles. The number of nitrogens with two attached hydrogens (primary N) is 2. The van der Waals surface area contributed by atoms with E-state index >= 15 is 0 Å². The molecule has 29 heavy (non-hydrogen) atoms. The maximum Gasteiger partial charge on any atom is 0.252 e. The van der Waals surface area contributed by atoms with Crippen molar-refractivity contribution in [2.24, 2.45) is 11.5 Å². The van der Waals surface area contributed by atoms with E-state index in [1.807, 2.05) is 6.07 Å². The molecule has 4 rings (SSSR count). The fourth-order valence-electron chi connectivity index (χ4n) is 3.44. The second-order valence-corrected chi connectivity index (χ2v) is 7.00. The number of pyridine rings is 2. The fourth-order valence-corrected chi connectivity index (χ4v) is 3.44. The third-order valence-electron chi connectivity index (χ3n) is 4.94. The van der Waals surface area contributed by atoms with Gasteiger partial charge in [-0.05, 0) is 25.0 Å². The number of carbonyl (C=O) groups excluding carboxylic acids is 1. The van der Waals surface area contributed by atoms with E-state index < -0.39 is 5.91 Å². The van der Waals surface area contributed by atoms with Crippen LogP contribution >= 0.6 is 0 Å². The second-order valence-electron chi connectivity index (χ2n) is 7.00. The van der Waals surface area contributed by atoms with Gasteiger partial charge in [0.2, 0.25) is 0 Å². The lowest BCUT2D eigenvalue weighted by Gasteiger charge is -2.29. The van der Waals surface area contributed by atoms with Crippen molar-refractivity contribution in [3.63, 3.8) is 0 Å². The van der Waals surface area contributed by atoms with E-state index in [0.717, 1.165) is 25.7 Å². The van der Waals surface area contributed by atoms with Crippen LogP contribution in [0.25, 0.3) is 5.82 Å². The molecule has 1 aliphatic carbocycles. The molecular weight excluding hydrogens is 370 g/mol. The van der Waals surface area contributed by atoms with Gasteiger partial charge >= 0.3 is 0 Å². The number of hydrogen-bond donors (Lipinski definition) is 4. The molecule has 1 amide bonds. The van der Waals surface area contributed by atoms with Gasteiger partial charge in [-0.15, -0.1) is 4.80 Å². The predicted octanol–water partition coefficient (Wildman–Crippen LogP) is 1.58. The minimum atomic E-state index is -0.578. The first-order chi connectivity index (χ1) is 14.1. The van der Waals surface area contributed by atoms with Crippen LogP contribution in [0.5, 0.6) is 0 Å². The second kappa shape index (κ2) is 8.23. The van der Waals surface area contributed by atoms with Crippen molar-refractivity contribution in [3.05, 3.63) is 48.4 Å². The molecule has 0 radical (unpaired) electrons. The highest BCUT2D eigenvalue weighted by atomic mass is 16.1. The van der Waals surface area contributed by atoms with Gasteiger partial charge in [-0.3, -0.25) is 4.79 Å². The molecule has 2 atom stereocenters. The van der Waals surface area contributed by atoms with Gasteiger partial charge in [-0.25, -0.2) is 9.97 Å². The number of hydrogen-bond acceptors (Lipinski definition) is 8. The van der Waals surface area contributed by atoms with Gasteiger partial charge in [0, 0.05) is 24.3 Å².